The summed E-state index contributed by atoms with van der Waals surface area (Å²) in [6.45, 7) is 0. The lowest BCUT2D eigenvalue weighted by Crippen LogP contribution is -2.13. The molecular weight excluding hydrogens is 294 g/mol. The minimum Gasteiger partial charge on any atom is -0.396 e. The van der Waals surface area contributed by atoms with E-state index in [0.717, 1.165) is 25.7 Å². The van der Waals surface area contributed by atoms with Crippen LogP contribution in [0.4, 0.5) is 14.5 Å². The van der Waals surface area contributed by atoms with Gasteiger partial charge in [-0.05, 0) is 67.0 Å². The molecule has 1 saturated carbocycles. The van der Waals surface area contributed by atoms with E-state index in [4.69, 9.17) is 11.1 Å². The molecule has 3 rings (SSSR count). The van der Waals surface area contributed by atoms with E-state index < -0.39 is 11.6 Å². The van der Waals surface area contributed by atoms with Crippen LogP contribution < -0.4 is 5.73 Å². The molecule has 0 aromatic heterocycles. The lowest BCUT2D eigenvalue weighted by molar-refractivity contribution is 0.396. The van der Waals surface area contributed by atoms with Crippen molar-refractivity contribution in [1.29, 1.82) is 5.41 Å². The van der Waals surface area contributed by atoms with Gasteiger partial charge in [-0.25, -0.2) is 8.78 Å². The van der Waals surface area contributed by atoms with Gasteiger partial charge in [-0.15, -0.1) is 0 Å². The molecule has 0 bridgehead atoms. The summed E-state index contributed by atoms with van der Waals surface area (Å²) in [5, 5.41) is 7.34. The molecular formula is C19H20F2N2. The second kappa shape index (κ2) is 6.49. The van der Waals surface area contributed by atoms with Gasteiger partial charge in [-0.1, -0.05) is 24.3 Å². The molecule has 0 amide bonds. The highest BCUT2D eigenvalue weighted by Crippen LogP contribution is 2.36. The standard InChI is InChI=1S/C19H20F2N2/c20-18-16(9-10-17(23)19(18)21)15-7-5-14(6-8-15)13-3-1-12(11-22)2-4-13/h5-13,22H,1-4,23H2. The minimum atomic E-state index is -0.989. The van der Waals surface area contributed by atoms with Gasteiger partial charge in [-0.2, -0.15) is 0 Å². The lowest BCUT2D eigenvalue weighted by Gasteiger charge is -2.26. The number of anilines is 1. The summed E-state index contributed by atoms with van der Waals surface area (Å²) in [5.41, 5.74) is 7.32. The zero-order valence-corrected chi connectivity index (χ0v) is 12.9. The highest BCUT2D eigenvalue weighted by molar-refractivity contribution is 5.67. The smallest absolute Gasteiger partial charge is 0.182 e. The van der Waals surface area contributed by atoms with Crippen LogP contribution in [0.2, 0.25) is 0 Å². The summed E-state index contributed by atoms with van der Waals surface area (Å²) in [6, 6.07) is 10.6. The molecule has 0 unspecified atom stereocenters. The summed E-state index contributed by atoms with van der Waals surface area (Å²) in [7, 11) is 0. The lowest BCUT2D eigenvalue weighted by atomic mass is 9.79. The summed E-state index contributed by atoms with van der Waals surface area (Å²) in [4.78, 5) is 0. The molecule has 120 valence electrons. The molecule has 0 spiro atoms. The van der Waals surface area contributed by atoms with Gasteiger partial charge in [0, 0.05) is 5.56 Å². The predicted molar refractivity (Wildman–Crippen MR) is 89.7 cm³/mol. The van der Waals surface area contributed by atoms with Crippen LogP contribution in [0.15, 0.2) is 36.4 Å². The van der Waals surface area contributed by atoms with E-state index in [-0.39, 0.29) is 11.3 Å². The normalized spacial score (nSPS) is 21.1. The fourth-order valence-corrected chi connectivity index (χ4v) is 3.34. The van der Waals surface area contributed by atoms with Crippen LogP contribution in [0.1, 0.15) is 37.2 Å². The third-order valence-corrected chi connectivity index (χ3v) is 4.81. The van der Waals surface area contributed by atoms with Gasteiger partial charge in [0.1, 0.15) is 0 Å². The van der Waals surface area contributed by atoms with Crippen LogP contribution in [-0.2, 0) is 0 Å². The van der Waals surface area contributed by atoms with E-state index in [1.165, 1.54) is 17.7 Å². The van der Waals surface area contributed by atoms with Gasteiger partial charge in [-0.3, -0.25) is 0 Å². The second-order valence-electron chi connectivity index (χ2n) is 6.23. The van der Waals surface area contributed by atoms with E-state index in [1.54, 1.807) is 6.21 Å². The largest absolute Gasteiger partial charge is 0.396 e. The average molecular weight is 314 g/mol. The van der Waals surface area contributed by atoms with Crippen molar-refractivity contribution in [2.45, 2.75) is 31.6 Å². The fourth-order valence-electron chi connectivity index (χ4n) is 3.34. The van der Waals surface area contributed by atoms with Crippen LogP contribution >= 0.6 is 0 Å². The van der Waals surface area contributed by atoms with Crippen molar-refractivity contribution >= 4 is 11.9 Å². The van der Waals surface area contributed by atoms with Crippen molar-refractivity contribution < 1.29 is 8.78 Å². The molecule has 3 N–H and O–H groups in total. The minimum absolute atomic E-state index is 0.175. The Morgan fingerprint density at radius 1 is 0.913 bits per heavy atom. The van der Waals surface area contributed by atoms with Gasteiger partial charge < -0.3 is 11.1 Å². The van der Waals surface area contributed by atoms with Crippen LogP contribution in [0.5, 0.6) is 0 Å². The molecule has 2 aromatic carbocycles. The van der Waals surface area contributed by atoms with Gasteiger partial charge in [0.2, 0.25) is 0 Å². The van der Waals surface area contributed by atoms with Crippen molar-refractivity contribution in [2.24, 2.45) is 5.92 Å². The topological polar surface area (TPSA) is 49.9 Å². The van der Waals surface area contributed by atoms with Gasteiger partial charge >= 0.3 is 0 Å². The van der Waals surface area contributed by atoms with Crippen molar-refractivity contribution in [1.82, 2.24) is 0 Å². The van der Waals surface area contributed by atoms with Crippen molar-refractivity contribution in [2.75, 3.05) is 5.73 Å². The van der Waals surface area contributed by atoms with Crippen LogP contribution in [0.25, 0.3) is 11.1 Å². The first-order valence-corrected chi connectivity index (χ1v) is 7.94. The first-order valence-electron chi connectivity index (χ1n) is 7.94. The highest BCUT2D eigenvalue weighted by Gasteiger charge is 2.21. The number of benzene rings is 2. The molecule has 0 atom stereocenters. The third-order valence-electron chi connectivity index (χ3n) is 4.81. The Balaban J connectivity index is 1.80. The maximum absolute atomic E-state index is 14.0. The number of hydrogen-bond acceptors (Lipinski definition) is 2. The summed E-state index contributed by atoms with van der Waals surface area (Å²) >= 11 is 0. The van der Waals surface area contributed by atoms with Crippen molar-refractivity contribution in [3.05, 3.63) is 53.6 Å². The molecule has 23 heavy (non-hydrogen) atoms. The monoisotopic (exact) mass is 314 g/mol. The first kappa shape index (κ1) is 15.7. The molecule has 0 saturated heterocycles. The van der Waals surface area contributed by atoms with Gasteiger partial charge in [0.15, 0.2) is 11.6 Å². The molecule has 2 nitrogen and oxygen atoms in total. The number of nitrogens with two attached hydrogens (primary N) is 1. The van der Waals surface area contributed by atoms with Crippen LogP contribution in [0.3, 0.4) is 0 Å². The molecule has 1 fully saturated rings. The fraction of sp³-hybridized carbons (Fsp3) is 0.316. The maximum Gasteiger partial charge on any atom is 0.182 e. The van der Waals surface area contributed by atoms with E-state index in [0.29, 0.717) is 17.4 Å². The summed E-state index contributed by atoms with van der Waals surface area (Å²) < 4.78 is 27.6. The van der Waals surface area contributed by atoms with Crippen molar-refractivity contribution in [3.8, 4) is 11.1 Å². The molecule has 0 heterocycles. The Morgan fingerprint density at radius 2 is 1.57 bits per heavy atom. The average Bonchev–Trinajstić information content (AvgIpc) is 2.60. The predicted octanol–water partition coefficient (Wildman–Crippen LogP) is 5.14. The summed E-state index contributed by atoms with van der Waals surface area (Å²) in [6.07, 6.45) is 5.80. The number of rotatable bonds is 3. The van der Waals surface area contributed by atoms with E-state index >= 15 is 0 Å². The Kier molecular flexibility index (Phi) is 4.42. The third kappa shape index (κ3) is 3.11. The molecule has 0 aliphatic heterocycles. The Hall–Kier alpha value is -2.23. The number of nitrogen functional groups attached to an aromatic ring is 1. The van der Waals surface area contributed by atoms with Crippen molar-refractivity contribution in [3.63, 3.8) is 0 Å². The van der Waals surface area contributed by atoms with Crippen LogP contribution in [0, 0.1) is 23.0 Å². The summed E-state index contributed by atoms with van der Waals surface area (Å²) in [5.74, 6) is -0.980. The Labute approximate surface area is 134 Å². The second-order valence-corrected chi connectivity index (χ2v) is 6.23. The molecule has 4 heteroatoms. The van der Waals surface area contributed by atoms with E-state index in [1.807, 2.05) is 24.3 Å². The zero-order chi connectivity index (χ0) is 16.4. The molecule has 2 aromatic rings. The van der Waals surface area contributed by atoms with Gasteiger partial charge in [0.25, 0.3) is 0 Å². The molecule has 0 radical (unpaired) electrons. The van der Waals surface area contributed by atoms with E-state index in [9.17, 15) is 8.78 Å². The SMILES string of the molecule is N=CC1CCC(c2ccc(-c3ccc(N)c(F)c3F)cc2)CC1. The molecule has 1 aliphatic rings. The number of hydrogen-bond donors (Lipinski definition) is 2. The highest BCUT2D eigenvalue weighted by atomic mass is 19.2. The van der Waals surface area contributed by atoms with Gasteiger partial charge in [0.05, 0.1) is 5.69 Å². The van der Waals surface area contributed by atoms with E-state index in [2.05, 4.69) is 0 Å². The van der Waals surface area contributed by atoms with Crippen LogP contribution in [-0.4, -0.2) is 6.21 Å². The Morgan fingerprint density at radius 3 is 2.17 bits per heavy atom. The quantitative estimate of drug-likeness (QED) is 0.598. The molecule has 1 aliphatic carbocycles. The number of halogens is 2. The Bertz CT molecular complexity index is 702. The maximum atomic E-state index is 14.0. The first-order chi connectivity index (χ1) is 11.1. The zero-order valence-electron chi connectivity index (χ0n) is 12.9. The number of nitrogens with one attached hydrogen (secondary N) is 1.